The summed E-state index contributed by atoms with van der Waals surface area (Å²) in [7, 11) is 0. The molecule has 1 aromatic heterocycles. The Morgan fingerprint density at radius 1 is 1.13 bits per heavy atom. The van der Waals surface area contributed by atoms with Crippen LogP contribution in [0.2, 0.25) is 0 Å². The van der Waals surface area contributed by atoms with Crippen molar-refractivity contribution in [1.82, 2.24) is 10.3 Å². The van der Waals surface area contributed by atoms with E-state index in [1.54, 1.807) is 12.1 Å². The minimum atomic E-state index is -0.468. The van der Waals surface area contributed by atoms with Crippen molar-refractivity contribution in [1.29, 1.82) is 0 Å². The van der Waals surface area contributed by atoms with Crippen molar-refractivity contribution in [2.45, 2.75) is 6.92 Å². The molecular weight excluding hydrogens is 463 g/mol. The Morgan fingerprint density at radius 3 is 2.57 bits per heavy atom. The van der Waals surface area contributed by atoms with E-state index in [9.17, 15) is 14.0 Å². The van der Waals surface area contributed by atoms with E-state index in [1.165, 1.54) is 37.3 Å². The molecular formula is C18H14BrFN6O4. The second-order valence-corrected chi connectivity index (χ2v) is 6.62. The molecule has 0 bridgehead atoms. The fourth-order valence-corrected chi connectivity index (χ4v) is 2.55. The van der Waals surface area contributed by atoms with E-state index in [-0.39, 0.29) is 21.9 Å². The molecule has 3 rings (SSSR count). The predicted molar refractivity (Wildman–Crippen MR) is 109 cm³/mol. The molecule has 10 nitrogen and oxygen atoms in total. The van der Waals surface area contributed by atoms with Crippen LogP contribution in [0, 0.1) is 5.82 Å². The van der Waals surface area contributed by atoms with Crippen LogP contribution in [-0.2, 0) is 9.73 Å². The third-order valence-electron chi connectivity index (χ3n) is 3.52. The first-order valence-electron chi connectivity index (χ1n) is 8.34. The van der Waals surface area contributed by atoms with E-state index in [2.05, 4.69) is 52.1 Å². The molecule has 30 heavy (non-hydrogen) atoms. The van der Waals surface area contributed by atoms with Gasteiger partial charge in [-0.3, -0.25) is 14.5 Å². The maximum Gasteiger partial charge on any atom is 0.256 e. The van der Waals surface area contributed by atoms with Crippen molar-refractivity contribution < 1.29 is 23.5 Å². The molecule has 0 fully saturated rings. The standard InChI is InChI=1S/C18H14BrFN6O4/c1-10(27)22-12-4-2-11(3-5-12)18(28)23-17-16(25-30-26-17)9-21-29-24-13-6-7-15(20)14(19)8-13/h2-9,24H,1H3,(H,22,27)(H,23,26,28)/b21-9+. The average Bonchev–Trinajstić information content (AvgIpc) is 3.15. The third-order valence-corrected chi connectivity index (χ3v) is 4.13. The highest BCUT2D eigenvalue weighted by Gasteiger charge is 2.13. The number of amides is 2. The average molecular weight is 477 g/mol. The van der Waals surface area contributed by atoms with Gasteiger partial charge in [0.15, 0.2) is 5.69 Å². The molecule has 154 valence electrons. The molecule has 12 heteroatoms. The maximum atomic E-state index is 13.2. The van der Waals surface area contributed by atoms with Crippen LogP contribution in [0.3, 0.4) is 0 Å². The van der Waals surface area contributed by atoms with Gasteiger partial charge in [0, 0.05) is 18.2 Å². The van der Waals surface area contributed by atoms with Gasteiger partial charge in [-0.25, -0.2) is 9.02 Å². The number of carbonyl (C=O) groups excluding carboxylic acids is 2. The van der Waals surface area contributed by atoms with Gasteiger partial charge < -0.3 is 10.6 Å². The molecule has 3 N–H and O–H groups in total. The summed E-state index contributed by atoms with van der Waals surface area (Å²) in [6.45, 7) is 1.39. The molecule has 1 heterocycles. The number of hydrogen-bond donors (Lipinski definition) is 3. The lowest BCUT2D eigenvalue weighted by Gasteiger charge is -2.05. The highest BCUT2D eigenvalue weighted by Crippen LogP contribution is 2.20. The van der Waals surface area contributed by atoms with Crippen LogP contribution in [0.5, 0.6) is 0 Å². The van der Waals surface area contributed by atoms with Crippen molar-refractivity contribution in [2.75, 3.05) is 16.1 Å². The monoisotopic (exact) mass is 476 g/mol. The van der Waals surface area contributed by atoms with Gasteiger partial charge in [-0.2, -0.15) is 5.48 Å². The van der Waals surface area contributed by atoms with Gasteiger partial charge in [-0.1, -0.05) is 5.16 Å². The molecule has 0 aliphatic carbocycles. The molecule has 0 unspecified atom stereocenters. The van der Waals surface area contributed by atoms with Gasteiger partial charge in [-0.05, 0) is 68.7 Å². The molecule has 0 spiro atoms. The number of nitrogens with one attached hydrogen (secondary N) is 3. The number of carbonyl (C=O) groups is 2. The SMILES string of the molecule is CC(=O)Nc1ccc(C(=O)Nc2nonc2/C=N/ONc2ccc(F)c(Br)c2)cc1. The summed E-state index contributed by atoms with van der Waals surface area (Å²) in [4.78, 5) is 28.3. The molecule has 0 saturated carbocycles. The number of benzene rings is 2. The lowest BCUT2D eigenvalue weighted by molar-refractivity contribution is -0.114. The number of rotatable bonds is 7. The van der Waals surface area contributed by atoms with Crippen molar-refractivity contribution >= 4 is 51.2 Å². The van der Waals surface area contributed by atoms with Crippen LogP contribution in [0.15, 0.2) is 56.7 Å². The van der Waals surface area contributed by atoms with Crippen LogP contribution < -0.4 is 16.1 Å². The van der Waals surface area contributed by atoms with Gasteiger partial charge in [0.25, 0.3) is 5.91 Å². The lowest BCUT2D eigenvalue weighted by atomic mass is 10.2. The smallest absolute Gasteiger partial charge is 0.256 e. The van der Waals surface area contributed by atoms with Crippen molar-refractivity contribution in [3.63, 3.8) is 0 Å². The second kappa shape index (κ2) is 9.60. The zero-order valence-corrected chi connectivity index (χ0v) is 16.9. The summed E-state index contributed by atoms with van der Waals surface area (Å²) in [5.74, 6) is -1.07. The van der Waals surface area contributed by atoms with Gasteiger partial charge >= 0.3 is 0 Å². The van der Waals surface area contributed by atoms with Crippen LogP contribution in [0.4, 0.5) is 21.6 Å². The fraction of sp³-hybridized carbons (Fsp3) is 0.0556. The molecule has 0 saturated heterocycles. The summed E-state index contributed by atoms with van der Waals surface area (Å²) < 4.78 is 18.1. The van der Waals surface area contributed by atoms with Crippen LogP contribution in [0.25, 0.3) is 0 Å². The van der Waals surface area contributed by atoms with Crippen LogP contribution in [0.1, 0.15) is 23.0 Å². The number of nitrogens with zero attached hydrogens (tertiary/aromatic N) is 3. The Morgan fingerprint density at radius 2 is 1.87 bits per heavy atom. The molecule has 0 radical (unpaired) electrons. The quantitative estimate of drug-likeness (QED) is 0.350. The Labute approximate surface area is 177 Å². The van der Waals surface area contributed by atoms with Crippen molar-refractivity contribution in [3.8, 4) is 0 Å². The number of hydrogen-bond acceptors (Lipinski definition) is 8. The number of oxime groups is 1. The summed E-state index contributed by atoms with van der Waals surface area (Å²) in [6.07, 6.45) is 1.16. The van der Waals surface area contributed by atoms with E-state index in [0.717, 1.165) is 6.21 Å². The molecule has 2 aromatic carbocycles. The largest absolute Gasteiger partial charge is 0.326 e. The normalized spacial score (nSPS) is 10.6. The zero-order valence-electron chi connectivity index (χ0n) is 15.3. The summed E-state index contributed by atoms with van der Waals surface area (Å²) >= 11 is 3.05. The first-order valence-corrected chi connectivity index (χ1v) is 9.13. The molecule has 0 aliphatic rings. The minimum absolute atomic E-state index is 0.0304. The molecule has 0 atom stereocenters. The highest BCUT2D eigenvalue weighted by molar-refractivity contribution is 9.10. The Hall–Kier alpha value is -3.80. The molecule has 3 aromatic rings. The second-order valence-electron chi connectivity index (χ2n) is 5.77. The maximum absolute atomic E-state index is 13.2. The first kappa shape index (κ1) is 20.9. The van der Waals surface area contributed by atoms with E-state index in [0.29, 0.717) is 16.9 Å². The molecule has 2 amide bonds. The number of anilines is 3. The number of aromatic nitrogens is 2. The predicted octanol–water partition coefficient (Wildman–Crippen LogP) is 3.56. The summed E-state index contributed by atoms with van der Waals surface area (Å²) in [5.41, 5.74) is 3.95. The highest BCUT2D eigenvalue weighted by atomic mass is 79.9. The Kier molecular flexibility index (Phi) is 6.70. The third kappa shape index (κ3) is 5.61. The topological polar surface area (TPSA) is 131 Å². The van der Waals surface area contributed by atoms with E-state index < -0.39 is 11.7 Å². The molecule has 0 aliphatic heterocycles. The van der Waals surface area contributed by atoms with Gasteiger partial charge in [0.05, 0.1) is 10.2 Å². The van der Waals surface area contributed by atoms with Crippen molar-refractivity contribution in [3.05, 3.63) is 64.0 Å². The van der Waals surface area contributed by atoms with Crippen molar-refractivity contribution in [2.24, 2.45) is 5.16 Å². The van der Waals surface area contributed by atoms with Gasteiger partial charge in [0.1, 0.15) is 12.0 Å². The first-order chi connectivity index (χ1) is 14.4. The Balaban J connectivity index is 1.57. The fourth-order valence-electron chi connectivity index (χ4n) is 2.17. The summed E-state index contributed by atoms with van der Waals surface area (Å²) in [6, 6.07) is 10.4. The number of halogens is 2. The van der Waals surface area contributed by atoms with Crippen LogP contribution >= 0.6 is 15.9 Å². The van der Waals surface area contributed by atoms with Gasteiger partial charge in [-0.15, -0.1) is 0 Å². The lowest BCUT2D eigenvalue weighted by Crippen LogP contribution is -2.14. The van der Waals surface area contributed by atoms with Crippen LogP contribution in [-0.4, -0.2) is 28.3 Å². The zero-order chi connectivity index (χ0) is 21.5. The van der Waals surface area contributed by atoms with E-state index in [4.69, 9.17) is 4.94 Å². The van der Waals surface area contributed by atoms with Gasteiger partial charge in [0.2, 0.25) is 11.7 Å². The summed E-state index contributed by atoms with van der Waals surface area (Å²) in [5, 5.41) is 16.0. The minimum Gasteiger partial charge on any atom is -0.326 e. The van der Waals surface area contributed by atoms with E-state index in [1.807, 2.05) is 0 Å². The van der Waals surface area contributed by atoms with E-state index >= 15 is 0 Å². The Bertz CT molecular complexity index is 1090.